The Morgan fingerprint density at radius 2 is 2.31 bits per heavy atom. The maximum absolute atomic E-state index is 11.3. The summed E-state index contributed by atoms with van der Waals surface area (Å²) in [5.74, 6) is -0.260. The number of thiophene rings is 1. The normalized spacial score (nSPS) is 17.3. The lowest BCUT2D eigenvalue weighted by molar-refractivity contribution is 0.0346. The van der Waals surface area contributed by atoms with Crippen LogP contribution in [-0.4, -0.2) is 44.3 Å². The molecule has 1 aliphatic heterocycles. The van der Waals surface area contributed by atoms with Crippen LogP contribution in [0.4, 0.5) is 0 Å². The Hall–Kier alpha value is -0.910. The van der Waals surface area contributed by atoms with E-state index in [4.69, 9.17) is 4.74 Å². The summed E-state index contributed by atoms with van der Waals surface area (Å²) in [6.45, 7) is 4.42. The fourth-order valence-electron chi connectivity index (χ4n) is 1.67. The number of rotatable bonds is 3. The van der Waals surface area contributed by atoms with Crippen LogP contribution < -0.4 is 0 Å². The van der Waals surface area contributed by atoms with Gasteiger partial charge in [0.25, 0.3) is 0 Å². The van der Waals surface area contributed by atoms with Crippen LogP contribution in [0.2, 0.25) is 0 Å². The molecule has 0 atom stereocenters. The van der Waals surface area contributed by atoms with Crippen molar-refractivity contribution in [1.29, 1.82) is 0 Å². The van der Waals surface area contributed by atoms with Gasteiger partial charge in [0.05, 0.1) is 25.9 Å². The van der Waals surface area contributed by atoms with Gasteiger partial charge in [0.1, 0.15) is 0 Å². The van der Waals surface area contributed by atoms with E-state index >= 15 is 0 Å². The highest BCUT2D eigenvalue weighted by molar-refractivity contribution is 7.10. The molecule has 0 spiro atoms. The lowest BCUT2D eigenvalue weighted by Crippen LogP contribution is -2.35. The standard InChI is InChI=1S/C11H15NO3S/c1-14-11(13)9-6-10(16-8-9)7-12-2-4-15-5-3-12/h6,8H,2-5,7H2,1H3. The second-order valence-corrected chi connectivity index (χ2v) is 4.68. The van der Waals surface area contributed by atoms with Crippen molar-refractivity contribution in [3.05, 3.63) is 21.9 Å². The summed E-state index contributed by atoms with van der Waals surface area (Å²) in [6.07, 6.45) is 0. The van der Waals surface area contributed by atoms with Crippen LogP contribution in [0.15, 0.2) is 11.4 Å². The minimum Gasteiger partial charge on any atom is -0.465 e. The summed E-state index contributed by atoms with van der Waals surface area (Å²) in [4.78, 5) is 14.8. The lowest BCUT2D eigenvalue weighted by atomic mass is 10.3. The minimum absolute atomic E-state index is 0.260. The molecule has 2 heterocycles. The topological polar surface area (TPSA) is 38.8 Å². The predicted molar refractivity (Wildman–Crippen MR) is 61.8 cm³/mol. The Kier molecular flexibility index (Phi) is 3.93. The van der Waals surface area contributed by atoms with Crippen molar-refractivity contribution in [1.82, 2.24) is 4.90 Å². The number of carbonyl (C=O) groups excluding carboxylic acids is 1. The molecule has 0 amide bonds. The summed E-state index contributed by atoms with van der Waals surface area (Å²) >= 11 is 1.60. The fraction of sp³-hybridized carbons (Fsp3) is 0.545. The van der Waals surface area contributed by atoms with E-state index in [0.717, 1.165) is 32.8 Å². The van der Waals surface area contributed by atoms with Crippen LogP contribution in [0.1, 0.15) is 15.2 Å². The summed E-state index contributed by atoms with van der Waals surface area (Å²) in [5, 5.41) is 1.85. The van der Waals surface area contributed by atoms with Gasteiger partial charge in [-0.25, -0.2) is 4.79 Å². The Bertz CT molecular complexity index is 358. The molecule has 0 N–H and O–H groups in total. The molecule has 0 unspecified atom stereocenters. The third-order valence-corrected chi connectivity index (χ3v) is 3.48. The van der Waals surface area contributed by atoms with Gasteiger partial charge in [0.15, 0.2) is 0 Å². The van der Waals surface area contributed by atoms with Gasteiger partial charge in [-0.3, -0.25) is 4.90 Å². The number of methoxy groups -OCH3 is 1. The predicted octanol–water partition coefficient (Wildman–Crippen LogP) is 1.37. The molecule has 1 aliphatic rings. The average Bonchev–Trinajstić information content (AvgIpc) is 2.78. The third-order valence-electron chi connectivity index (χ3n) is 2.56. The highest BCUT2D eigenvalue weighted by Crippen LogP contribution is 2.18. The first-order valence-electron chi connectivity index (χ1n) is 5.25. The summed E-state index contributed by atoms with van der Waals surface area (Å²) in [7, 11) is 1.40. The molecule has 2 rings (SSSR count). The van der Waals surface area contributed by atoms with Crippen LogP contribution in [0, 0.1) is 0 Å². The lowest BCUT2D eigenvalue weighted by Gasteiger charge is -2.25. The second-order valence-electron chi connectivity index (χ2n) is 3.68. The molecule has 88 valence electrons. The number of hydrogen-bond acceptors (Lipinski definition) is 5. The number of carbonyl (C=O) groups is 1. The van der Waals surface area contributed by atoms with Crippen molar-refractivity contribution in [3.63, 3.8) is 0 Å². The summed E-state index contributed by atoms with van der Waals surface area (Å²) in [5.41, 5.74) is 0.649. The van der Waals surface area contributed by atoms with Crippen molar-refractivity contribution < 1.29 is 14.3 Å². The maximum Gasteiger partial charge on any atom is 0.338 e. The summed E-state index contributed by atoms with van der Waals surface area (Å²) < 4.78 is 9.96. The number of ether oxygens (including phenoxy) is 2. The van der Waals surface area contributed by atoms with Gasteiger partial charge in [-0.15, -0.1) is 11.3 Å². The van der Waals surface area contributed by atoms with Gasteiger partial charge in [-0.1, -0.05) is 0 Å². The van der Waals surface area contributed by atoms with Crippen molar-refractivity contribution >= 4 is 17.3 Å². The number of esters is 1. The molecular formula is C11H15NO3S. The number of nitrogens with zero attached hydrogens (tertiary/aromatic N) is 1. The zero-order chi connectivity index (χ0) is 11.4. The number of hydrogen-bond donors (Lipinski definition) is 0. The first kappa shape index (κ1) is 11.6. The SMILES string of the molecule is COC(=O)c1csc(CN2CCOCC2)c1. The van der Waals surface area contributed by atoms with Crippen molar-refractivity contribution in [2.75, 3.05) is 33.4 Å². The minimum atomic E-state index is -0.260. The molecule has 0 saturated carbocycles. The van der Waals surface area contributed by atoms with Crippen LogP contribution in [0.25, 0.3) is 0 Å². The van der Waals surface area contributed by atoms with E-state index in [2.05, 4.69) is 9.64 Å². The van der Waals surface area contributed by atoms with Crippen molar-refractivity contribution in [2.45, 2.75) is 6.54 Å². The Balaban J connectivity index is 1.94. The molecule has 1 aromatic heterocycles. The van der Waals surface area contributed by atoms with E-state index in [1.54, 1.807) is 11.3 Å². The van der Waals surface area contributed by atoms with Crippen LogP contribution >= 0.6 is 11.3 Å². The molecule has 0 aliphatic carbocycles. The molecule has 1 saturated heterocycles. The van der Waals surface area contributed by atoms with Crippen molar-refractivity contribution in [2.24, 2.45) is 0 Å². The van der Waals surface area contributed by atoms with E-state index in [1.807, 2.05) is 11.4 Å². The van der Waals surface area contributed by atoms with E-state index in [0.29, 0.717) is 5.56 Å². The Morgan fingerprint density at radius 1 is 1.56 bits per heavy atom. The Morgan fingerprint density at radius 3 is 3.00 bits per heavy atom. The second kappa shape index (κ2) is 5.43. The summed E-state index contributed by atoms with van der Waals surface area (Å²) in [6, 6.07) is 1.91. The van der Waals surface area contributed by atoms with Crippen LogP contribution in [0.3, 0.4) is 0 Å². The largest absolute Gasteiger partial charge is 0.465 e. The fourth-order valence-corrected chi connectivity index (χ4v) is 2.56. The molecule has 1 fully saturated rings. The van der Waals surface area contributed by atoms with Gasteiger partial charge >= 0.3 is 5.97 Å². The van der Waals surface area contributed by atoms with Gasteiger partial charge in [-0.2, -0.15) is 0 Å². The molecule has 4 nitrogen and oxygen atoms in total. The smallest absolute Gasteiger partial charge is 0.338 e. The highest BCUT2D eigenvalue weighted by Gasteiger charge is 2.13. The van der Waals surface area contributed by atoms with Crippen LogP contribution in [0.5, 0.6) is 0 Å². The van der Waals surface area contributed by atoms with E-state index in [-0.39, 0.29) is 5.97 Å². The van der Waals surface area contributed by atoms with Gasteiger partial charge in [0, 0.05) is 29.9 Å². The first-order chi connectivity index (χ1) is 7.79. The quantitative estimate of drug-likeness (QED) is 0.749. The third kappa shape index (κ3) is 2.81. The number of morpholine rings is 1. The molecule has 16 heavy (non-hydrogen) atoms. The van der Waals surface area contributed by atoms with Gasteiger partial charge in [0.2, 0.25) is 0 Å². The van der Waals surface area contributed by atoms with E-state index in [1.165, 1.54) is 12.0 Å². The zero-order valence-corrected chi connectivity index (χ0v) is 10.1. The molecule has 0 aromatic carbocycles. The van der Waals surface area contributed by atoms with E-state index in [9.17, 15) is 4.79 Å². The van der Waals surface area contributed by atoms with Gasteiger partial charge < -0.3 is 9.47 Å². The Labute approximate surface area is 98.8 Å². The van der Waals surface area contributed by atoms with Crippen molar-refractivity contribution in [3.8, 4) is 0 Å². The molecule has 0 radical (unpaired) electrons. The first-order valence-corrected chi connectivity index (χ1v) is 6.13. The zero-order valence-electron chi connectivity index (χ0n) is 9.27. The van der Waals surface area contributed by atoms with Crippen LogP contribution in [-0.2, 0) is 16.0 Å². The average molecular weight is 241 g/mol. The van der Waals surface area contributed by atoms with E-state index < -0.39 is 0 Å². The molecule has 1 aromatic rings. The maximum atomic E-state index is 11.3. The molecule has 0 bridgehead atoms. The van der Waals surface area contributed by atoms with Gasteiger partial charge in [-0.05, 0) is 6.07 Å². The molecular weight excluding hydrogens is 226 g/mol. The highest BCUT2D eigenvalue weighted by atomic mass is 32.1. The molecule has 5 heteroatoms. The monoisotopic (exact) mass is 241 g/mol.